The highest BCUT2D eigenvalue weighted by Gasteiger charge is 2.37. The number of cyclic esters (lactones) is 1. The Morgan fingerprint density at radius 3 is 2.00 bits per heavy atom. The predicted molar refractivity (Wildman–Crippen MR) is 42.5 cm³/mol. The van der Waals surface area contributed by atoms with Crippen molar-refractivity contribution in [3.63, 3.8) is 0 Å². The van der Waals surface area contributed by atoms with Gasteiger partial charge in [0.25, 0.3) is 0 Å². The molecule has 1 saturated heterocycles. The van der Waals surface area contributed by atoms with Crippen LogP contribution in [0.2, 0.25) is 0 Å². The summed E-state index contributed by atoms with van der Waals surface area (Å²) in [7, 11) is 0. The number of carbonyl (C=O) groups excluding carboxylic acids is 2. The Balaban J connectivity index is 0.000000354. The molecule has 1 aliphatic heterocycles. The quantitative estimate of drug-likeness (QED) is 0.404. The van der Waals surface area contributed by atoms with Crippen LogP contribution in [0.3, 0.4) is 0 Å². The molecular weight excluding hydrogens is 160 g/mol. The van der Waals surface area contributed by atoms with Crippen LogP contribution in [0.4, 0.5) is 0 Å². The molecular formula is C8H14O4. The second-order valence-electron chi connectivity index (χ2n) is 2.82. The first-order valence-electron chi connectivity index (χ1n) is 3.73. The molecule has 1 aliphatic rings. The Labute approximate surface area is 71.8 Å². The maximum absolute atomic E-state index is 10.6. The Morgan fingerprint density at radius 1 is 1.50 bits per heavy atom. The van der Waals surface area contributed by atoms with E-state index < -0.39 is 11.9 Å². The summed E-state index contributed by atoms with van der Waals surface area (Å²) in [5.74, 6) is -0.990. The van der Waals surface area contributed by atoms with Gasteiger partial charge in [0.1, 0.15) is 6.29 Å². The normalized spacial score (nSPS) is 25.3. The number of aldehydes is 1. The van der Waals surface area contributed by atoms with Gasteiger partial charge in [0.2, 0.25) is 5.79 Å². The van der Waals surface area contributed by atoms with E-state index in [1.165, 1.54) is 6.92 Å². The molecule has 1 atom stereocenters. The fourth-order valence-electron chi connectivity index (χ4n) is 0.823. The Morgan fingerprint density at radius 2 is 1.92 bits per heavy atom. The van der Waals surface area contributed by atoms with E-state index in [1.54, 1.807) is 20.8 Å². The van der Waals surface area contributed by atoms with Gasteiger partial charge >= 0.3 is 5.97 Å². The maximum Gasteiger partial charge on any atom is 0.337 e. The van der Waals surface area contributed by atoms with Crippen molar-refractivity contribution in [3.8, 4) is 0 Å². The summed E-state index contributed by atoms with van der Waals surface area (Å²) >= 11 is 0. The first-order valence-corrected chi connectivity index (χ1v) is 3.73. The SMILES string of the molecule is CC1OC(C)(C)OC1=O.CC=O. The summed E-state index contributed by atoms with van der Waals surface area (Å²) in [5, 5.41) is 0. The topological polar surface area (TPSA) is 52.6 Å². The van der Waals surface area contributed by atoms with Crippen molar-refractivity contribution in [2.75, 3.05) is 0 Å². The minimum atomic E-state index is -0.712. The van der Waals surface area contributed by atoms with Crippen LogP contribution in [-0.2, 0) is 19.1 Å². The van der Waals surface area contributed by atoms with Crippen LogP contribution in [-0.4, -0.2) is 24.1 Å². The first kappa shape index (κ1) is 11.1. The molecule has 12 heavy (non-hydrogen) atoms. The van der Waals surface area contributed by atoms with Crippen LogP contribution in [0.5, 0.6) is 0 Å². The van der Waals surface area contributed by atoms with Gasteiger partial charge in [-0.2, -0.15) is 0 Å². The highest BCUT2D eigenvalue weighted by molar-refractivity contribution is 5.76. The molecule has 0 aromatic carbocycles. The minimum absolute atomic E-state index is 0.278. The number of hydrogen-bond donors (Lipinski definition) is 0. The molecule has 4 nitrogen and oxygen atoms in total. The number of hydrogen-bond acceptors (Lipinski definition) is 4. The minimum Gasteiger partial charge on any atom is -0.432 e. The lowest BCUT2D eigenvalue weighted by Gasteiger charge is -2.13. The molecule has 1 unspecified atom stereocenters. The monoisotopic (exact) mass is 174 g/mol. The van der Waals surface area contributed by atoms with Crippen molar-refractivity contribution in [1.82, 2.24) is 0 Å². The first-order chi connectivity index (χ1) is 5.43. The third-order valence-corrected chi connectivity index (χ3v) is 1.14. The molecule has 1 rings (SSSR count). The largest absolute Gasteiger partial charge is 0.432 e. The Hall–Kier alpha value is -0.900. The van der Waals surface area contributed by atoms with Crippen LogP contribution in [0.25, 0.3) is 0 Å². The second-order valence-corrected chi connectivity index (χ2v) is 2.82. The van der Waals surface area contributed by atoms with Crippen LogP contribution >= 0.6 is 0 Å². The van der Waals surface area contributed by atoms with Crippen molar-refractivity contribution in [2.24, 2.45) is 0 Å². The molecule has 0 N–H and O–H groups in total. The fourth-order valence-corrected chi connectivity index (χ4v) is 0.823. The summed E-state index contributed by atoms with van der Waals surface area (Å²) in [6.45, 7) is 6.56. The van der Waals surface area contributed by atoms with Crippen molar-refractivity contribution < 1.29 is 19.1 Å². The molecule has 4 heteroatoms. The van der Waals surface area contributed by atoms with Crippen molar-refractivity contribution in [2.45, 2.75) is 39.6 Å². The van der Waals surface area contributed by atoms with Crippen LogP contribution in [0.1, 0.15) is 27.7 Å². The third-order valence-electron chi connectivity index (χ3n) is 1.14. The molecule has 0 spiro atoms. The van der Waals surface area contributed by atoms with Gasteiger partial charge in [-0.05, 0) is 13.8 Å². The molecule has 70 valence electrons. The predicted octanol–water partition coefficient (Wildman–Crippen LogP) is 0.890. The van der Waals surface area contributed by atoms with Crippen LogP contribution in [0.15, 0.2) is 0 Å². The molecule has 0 bridgehead atoms. The molecule has 1 fully saturated rings. The van der Waals surface area contributed by atoms with E-state index in [0.717, 1.165) is 6.29 Å². The number of ether oxygens (including phenoxy) is 2. The van der Waals surface area contributed by atoms with Crippen molar-refractivity contribution in [1.29, 1.82) is 0 Å². The van der Waals surface area contributed by atoms with E-state index in [1.807, 2.05) is 0 Å². The standard InChI is InChI=1S/C6H10O3.C2H4O/c1-4-5(7)9-6(2,3)8-4;1-2-3/h4H,1-3H3;2H,1H3. The molecule has 1 heterocycles. The van der Waals surface area contributed by atoms with Gasteiger partial charge in [-0.1, -0.05) is 0 Å². The summed E-state index contributed by atoms with van der Waals surface area (Å²) in [4.78, 5) is 19.4. The Kier molecular flexibility index (Phi) is 3.89. The highest BCUT2D eigenvalue weighted by Crippen LogP contribution is 2.22. The molecule has 0 amide bonds. The molecule has 0 aromatic rings. The second kappa shape index (κ2) is 4.21. The lowest BCUT2D eigenvalue weighted by atomic mass is 10.4. The van der Waals surface area contributed by atoms with E-state index in [0.29, 0.717) is 0 Å². The molecule has 0 aromatic heterocycles. The van der Waals surface area contributed by atoms with E-state index in [2.05, 4.69) is 0 Å². The Bertz CT molecular complexity index is 174. The molecule has 0 saturated carbocycles. The molecule has 0 radical (unpaired) electrons. The zero-order valence-corrected chi connectivity index (χ0v) is 7.79. The number of rotatable bonds is 0. The summed E-state index contributed by atoms with van der Waals surface area (Å²) in [5.41, 5.74) is 0. The zero-order chi connectivity index (χ0) is 9.78. The van der Waals surface area contributed by atoms with Gasteiger partial charge in [0.15, 0.2) is 6.10 Å². The van der Waals surface area contributed by atoms with Gasteiger partial charge < -0.3 is 14.3 Å². The maximum atomic E-state index is 10.6. The average Bonchev–Trinajstić information content (AvgIpc) is 2.06. The van der Waals surface area contributed by atoms with E-state index in [4.69, 9.17) is 14.3 Å². The van der Waals surface area contributed by atoms with Gasteiger partial charge in [-0.3, -0.25) is 0 Å². The van der Waals surface area contributed by atoms with Crippen molar-refractivity contribution >= 4 is 12.3 Å². The van der Waals surface area contributed by atoms with Gasteiger partial charge in [-0.15, -0.1) is 0 Å². The van der Waals surface area contributed by atoms with E-state index in [9.17, 15) is 4.79 Å². The van der Waals surface area contributed by atoms with Gasteiger partial charge in [0, 0.05) is 13.8 Å². The van der Waals surface area contributed by atoms with E-state index in [-0.39, 0.29) is 5.97 Å². The summed E-state index contributed by atoms with van der Waals surface area (Å²) in [6, 6.07) is 0. The van der Waals surface area contributed by atoms with Crippen LogP contribution in [0, 0.1) is 0 Å². The van der Waals surface area contributed by atoms with Crippen molar-refractivity contribution in [3.05, 3.63) is 0 Å². The average molecular weight is 174 g/mol. The highest BCUT2D eigenvalue weighted by atomic mass is 16.8. The third kappa shape index (κ3) is 3.48. The van der Waals surface area contributed by atoms with Gasteiger partial charge in [0.05, 0.1) is 0 Å². The summed E-state index contributed by atoms with van der Waals surface area (Å²) < 4.78 is 9.89. The number of carbonyl (C=O) groups is 2. The van der Waals surface area contributed by atoms with Gasteiger partial charge in [-0.25, -0.2) is 4.79 Å². The smallest absolute Gasteiger partial charge is 0.337 e. The molecule has 0 aliphatic carbocycles. The van der Waals surface area contributed by atoms with Crippen LogP contribution < -0.4 is 0 Å². The zero-order valence-electron chi connectivity index (χ0n) is 7.79. The lowest BCUT2D eigenvalue weighted by Crippen LogP contribution is -2.20. The van der Waals surface area contributed by atoms with E-state index >= 15 is 0 Å². The number of esters is 1. The lowest BCUT2D eigenvalue weighted by molar-refractivity contribution is -0.160. The fraction of sp³-hybridized carbons (Fsp3) is 0.750. The summed E-state index contributed by atoms with van der Waals surface area (Å²) in [6.07, 6.45) is 0.347.